The maximum Gasteiger partial charge on any atom is 0.310 e. The van der Waals surface area contributed by atoms with Gasteiger partial charge in [-0.05, 0) is 55.7 Å². The minimum Gasteiger partial charge on any atom is -0.488 e. The van der Waals surface area contributed by atoms with E-state index in [2.05, 4.69) is 0 Å². The Morgan fingerprint density at radius 2 is 1.74 bits per heavy atom. The minimum absolute atomic E-state index is 0.00232. The highest BCUT2D eigenvalue weighted by Crippen LogP contribution is 2.27. The molecule has 0 N–H and O–H groups in total. The van der Waals surface area contributed by atoms with Crippen LogP contribution >= 0.6 is 0 Å². The molecule has 2 aromatic rings. The molecule has 0 aliphatic heterocycles. The number of hydrogen-bond donors (Lipinski definition) is 0. The van der Waals surface area contributed by atoms with Crippen LogP contribution in [0.1, 0.15) is 35.6 Å². The molecule has 0 bridgehead atoms. The van der Waals surface area contributed by atoms with Crippen molar-refractivity contribution in [2.75, 3.05) is 0 Å². The molecule has 0 radical (unpaired) electrons. The van der Waals surface area contributed by atoms with Gasteiger partial charge in [-0.15, -0.1) is 0 Å². The second-order valence-electron chi connectivity index (χ2n) is 5.53. The van der Waals surface area contributed by atoms with Gasteiger partial charge >= 0.3 is 5.97 Å². The van der Waals surface area contributed by atoms with Gasteiger partial charge in [0.2, 0.25) is 0 Å². The number of halogens is 1. The topological polar surface area (TPSA) is 35.5 Å². The third-order valence-corrected chi connectivity index (χ3v) is 3.75. The second-order valence-corrected chi connectivity index (χ2v) is 5.53. The van der Waals surface area contributed by atoms with Crippen molar-refractivity contribution in [1.82, 2.24) is 0 Å². The summed E-state index contributed by atoms with van der Waals surface area (Å²) in [6, 6.07) is 8.38. The third kappa shape index (κ3) is 4.09. The average Bonchev–Trinajstić information content (AvgIpc) is 2.51. The highest BCUT2D eigenvalue weighted by atomic mass is 19.1. The van der Waals surface area contributed by atoms with Crippen molar-refractivity contribution in [3.63, 3.8) is 0 Å². The van der Waals surface area contributed by atoms with Gasteiger partial charge in [0, 0.05) is 6.42 Å². The molecule has 0 amide bonds. The molecule has 3 nitrogen and oxygen atoms in total. The second kappa shape index (κ2) is 7.27. The molecule has 0 aliphatic carbocycles. The molecule has 0 aliphatic rings. The van der Waals surface area contributed by atoms with E-state index < -0.39 is 11.8 Å². The molecule has 0 saturated heterocycles. The number of carbonyl (C=O) groups excluding carboxylic acids is 1. The van der Waals surface area contributed by atoms with Crippen LogP contribution in [-0.2, 0) is 11.4 Å². The van der Waals surface area contributed by atoms with Gasteiger partial charge in [0.15, 0.2) is 0 Å². The Hall–Kier alpha value is -2.36. The third-order valence-electron chi connectivity index (χ3n) is 3.75. The summed E-state index contributed by atoms with van der Waals surface area (Å²) in [6.45, 7) is 7.67. The average molecular weight is 316 g/mol. The van der Waals surface area contributed by atoms with Crippen LogP contribution in [0.25, 0.3) is 0 Å². The maximum absolute atomic E-state index is 14.1. The van der Waals surface area contributed by atoms with E-state index in [4.69, 9.17) is 9.47 Å². The predicted octanol–water partition coefficient (Wildman–Crippen LogP) is 4.65. The van der Waals surface area contributed by atoms with E-state index in [1.165, 1.54) is 17.7 Å². The SMILES string of the molecule is CCC(=O)Oc1cccc(F)c1COc1cc(C)c(C)cc1C. The molecule has 2 aromatic carbocycles. The molecular formula is C19H21FO3. The molecule has 0 aromatic heterocycles. The number of benzene rings is 2. The van der Waals surface area contributed by atoms with Gasteiger partial charge in [-0.1, -0.05) is 19.1 Å². The molecule has 0 heterocycles. The Bertz CT molecular complexity index is 723. The monoisotopic (exact) mass is 316 g/mol. The van der Waals surface area contributed by atoms with E-state index in [0.29, 0.717) is 5.75 Å². The normalized spacial score (nSPS) is 10.5. The van der Waals surface area contributed by atoms with Gasteiger partial charge in [-0.3, -0.25) is 4.79 Å². The van der Waals surface area contributed by atoms with Crippen LogP contribution in [0.3, 0.4) is 0 Å². The number of rotatable bonds is 5. The molecule has 4 heteroatoms. The lowest BCUT2D eigenvalue weighted by Crippen LogP contribution is -2.10. The van der Waals surface area contributed by atoms with Crippen LogP contribution < -0.4 is 9.47 Å². The number of ether oxygens (including phenoxy) is 2. The lowest BCUT2D eigenvalue weighted by atomic mass is 10.1. The van der Waals surface area contributed by atoms with Gasteiger partial charge in [-0.25, -0.2) is 4.39 Å². The Balaban J connectivity index is 2.23. The van der Waals surface area contributed by atoms with E-state index in [9.17, 15) is 9.18 Å². The van der Waals surface area contributed by atoms with Crippen LogP contribution in [0, 0.1) is 26.6 Å². The van der Waals surface area contributed by atoms with E-state index in [-0.39, 0.29) is 24.3 Å². The Labute approximate surface area is 136 Å². The van der Waals surface area contributed by atoms with Gasteiger partial charge in [0.25, 0.3) is 0 Å². The number of aryl methyl sites for hydroxylation is 3. The van der Waals surface area contributed by atoms with E-state index in [0.717, 1.165) is 11.1 Å². The zero-order valence-electron chi connectivity index (χ0n) is 13.9. The van der Waals surface area contributed by atoms with Crippen molar-refractivity contribution in [1.29, 1.82) is 0 Å². The maximum atomic E-state index is 14.1. The summed E-state index contributed by atoms with van der Waals surface area (Å²) in [5.74, 6) is 0.0505. The Kier molecular flexibility index (Phi) is 5.37. The molecule has 0 saturated carbocycles. The summed E-state index contributed by atoms with van der Waals surface area (Å²) in [7, 11) is 0. The van der Waals surface area contributed by atoms with Gasteiger partial charge in [-0.2, -0.15) is 0 Å². The van der Waals surface area contributed by atoms with E-state index >= 15 is 0 Å². The fourth-order valence-corrected chi connectivity index (χ4v) is 2.21. The summed E-state index contributed by atoms with van der Waals surface area (Å²) in [4.78, 5) is 11.5. The smallest absolute Gasteiger partial charge is 0.310 e. The van der Waals surface area contributed by atoms with Gasteiger partial charge in [0.05, 0.1) is 5.56 Å². The van der Waals surface area contributed by atoms with Crippen molar-refractivity contribution < 1.29 is 18.7 Å². The van der Waals surface area contributed by atoms with Crippen LogP contribution in [0.2, 0.25) is 0 Å². The van der Waals surface area contributed by atoms with Crippen molar-refractivity contribution >= 4 is 5.97 Å². The molecule has 0 spiro atoms. The largest absolute Gasteiger partial charge is 0.488 e. The highest BCUT2D eigenvalue weighted by Gasteiger charge is 2.14. The molecule has 0 atom stereocenters. The van der Waals surface area contributed by atoms with Gasteiger partial charge in [0.1, 0.15) is 23.9 Å². The Morgan fingerprint density at radius 1 is 1.04 bits per heavy atom. The lowest BCUT2D eigenvalue weighted by molar-refractivity contribution is -0.134. The predicted molar refractivity (Wildman–Crippen MR) is 87.3 cm³/mol. The summed E-state index contributed by atoms with van der Waals surface area (Å²) in [5.41, 5.74) is 3.51. The molecule has 0 fully saturated rings. The molecule has 0 unspecified atom stereocenters. The van der Waals surface area contributed by atoms with Gasteiger partial charge < -0.3 is 9.47 Å². The summed E-state index contributed by atoms with van der Waals surface area (Å²) < 4.78 is 25.0. The standard InChI is InChI=1S/C19H21FO3/c1-5-19(21)23-17-8-6-7-16(20)15(17)11-22-18-10-13(3)12(2)9-14(18)4/h6-10H,5,11H2,1-4H3. The minimum atomic E-state index is -0.451. The molecule has 23 heavy (non-hydrogen) atoms. The van der Waals surface area contributed by atoms with E-state index in [1.807, 2.05) is 32.9 Å². The zero-order valence-corrected chi connectivity index (χ0v) is 13.9. The lowest BCUT2D eigenvalue weighted by Gasteiger charge is -2.14. The fourth-order valence-electron chi connectivity index (χ4n) is 2.21. The first-order valence-electron chi connectivity index (χ1n) is 7.61. The summed E-state index contributed by atoms with van der Waals surface area (Å²) in [6.07, 6.45) is 0.229. The van der Waals surface area contributed by atoms with Crippen LogP contribution in [-0.4, -0.2) is 5.97 Å². The first-order valence-corrected chi connectivity index (χ1v) is 7.61. The van der Waals surface area contributed by atoms with Crippen molar-refractivity contribution in [3.8, 4) is 11.5 Å². The first-order chi connectivity index (χ1) is 10.9. The summed E-state index contributed by atoms with van der Waals surface area (Å²) in [5, 5.41) is 0. The molecular weight excluding hydrogens is 295 g/mol. The number of carbonyl (C=O) groups is 1. The quantitative estimate of drug-likeness (QED) is 0.595. The van der Waals surface area contributed by atoms with Crippen molar-refractivity contribution in [3.05, 3.63) is 58.4 Å². The van der Waals surface area contributed by atoms with Crippen LogP contribution in [0.5, 0.6) is 11.5 Å². The fraction of sp³-hybridized carbons (Fsp3) is 0.316. The number of hydrogen-bond acceptors (Lipinski definition) is 3. The van der Waals surface area contributed by atoms with Crippen LogP contribution in [0.4, 0.5) is 4.39 Å². The molecule has 122 valence electrons. The highest BCUT2D eigenvalue weighted by molar-refractivity contribution is 5.72. The number of esters is 1. The van der Waals surface area contributed by atoms with Crippen LogP contribution in [0.15, 0.2) is 30.3 Å². The first kappa shape index (κ1) is 17.0. The van der Waals surface area contributed by atoms with Crippen molar-refractivity contribution in [2.24, 2.45) is 0 Å². The summed E-state index contributed by atoms with van der Waals surface area (Å²) >= 11 is 0. The Morgan fingerprint density at radius 3 is 2.43 bits per heavy atom. The molecule has 2 rings (SSSR count). The zero-order chi connectivity index (χ0) is 17.0. The van der Waals surface area contributed by atoms with Crippen molar-refractivity contribution in [2.45, 2.75) is 40.7 Å². The van der Waals surface area contributed by atoms with E-state index in [1.54, 1.807) is 13.0 Å².